The van der Waals surface area contributed by atoms with Crippen molar-refractivity contribution in [1.82, 2.24) is 14.6 Å². The summed E-state index contributed by atoms with van der Waals surface area (Å²) in [5.41, 5.74) is 0.786. The molecule has 22 heavy (non-hydrogen) atoms. The highest BCUT2D eigenvalue weighted by Gasteiger charge is 2.30. The molecule has 1 atom stereocenters. The lowest BCUT2D eigenvalue weighted by molar-refractivity contribution is -0.126. The molecule has 0 radical (unpaired) electrons. The summed E-state index contributed by atoms with van der Waals surface area (Å²) in [6, 6.07) is 3.60. The lowest BCUT2D eigenvalue weighted by Gasteiger charge is -2.30. The second-order valence-corrected chi connectivity index (χ2v) is 7.33. The summed E-state index contributed by atoms with van der Waals surface area (Å²) >= 11 is 0. The van der Waals surface area contributed by atoms with Gasteiger partial charge in [-0.1, -0.05) is 6.07 Å². The van der Waals surface area contributed by atoms with Gasteiger partial charge in [-0.3, -0.25) is 4.79 Å². The fourth-order valence-electron chi connectivity index (χ4n) is 2.53. The maximum Gasteiger partial charge on any atom is 0.224 e. The Morgan fingerprint density at radius 1 is 1.55 bits per heavy atom. The number of nitrogens with one attached hydrogen (secondary N) is 1. The second-order valence-electron chi connectivity index (χ2n) is 5.35. The smallest absolute Gasteiger partial charge is 0.224 e. The number of methoxy groups -OCH3 is 1. The van der Waals surface area contributed by atoms with E-state index in [2.05, 4.69) is 10.3 Å². The first-order valence-electron chi connectivity index (χ1n) is 7.12. The number of hydrogen-bond acceptors (Lipinski definition) is 5. The Morgan fingerprint density at radius 2 is 2.32 bits per heavy atom. The molecular formula is C14H21N3O4S. The normalized spacial score (nSPS) is 19.6. The molecule has 0 aliphatic carbocycles. The minimum absolute atomic E-state index is 0.140. The zero-order valence-corrected chi connectivity index (χ0v) is 13.6. The van der Waals surface area contributed by atoms with Crippen LogP contribution in [0.5, 0.6) is 5.88 Å². The Morgan fingerprint density at radius 3 is 3.00 bits per heavy atom. The zero-order valence-electron chi connectivity index (χ0n) is 12.8. The van der Waals surface area contributed by atoms with E-state index in [-0.39, 0.29) is 18.4 Å². The third-order valence-corrected chi connectivity index (χ3v) is 4.99. The quantitative estimate of drug-likeness (QED) is 0.844. The number of pyridine rings is 1. The highest BCUT2D eigenvalue weighted by Crippen LogP contribution is 2.19. The first kappa shape index (κ1) is 16.7. The van der Waals surface area contributed by atoms with Crippen LogP contribution in [0, 0.1) is 5.92 Å². The average Bonchev–Trinajstić information content (AvgIpc) is 2.52. The van der Waals surface area contributed by atoms with E-state index in [0.29, 0.717) is 31.8 Å². The van der Waals surface area contributed by atoms with Gasteiger partial charge in [0.25, 0.3) is 0 Å². The molecule has 0 aromatic carbocycles. The molecule has 2 heterocycles. The van der Waals surface area contributed by atoms with Crippen LogP contribution in [0.1, 0.15) is 18.4 Å². The van der Waals surface area contributed by atoms with Crippen molar-refractivity contribution in [3.63, 3.8) is 0 Å². The van der Waals surface area contributed by atoms with Gasteiger partial charge in [-0.15, -0.1) is 0 Å². The molecule has 1 amide bonds. The minimum Gasteiger partial charge on any atom is -0.481 e. The number of piperidine rings is 1. The van der Waals surface area contributed by atoms with Gasteiger partial charge < -0.3 is 10.1 Å². The van der Waals surface area contributed by atoms with E-state index in [0.717, 1.165) is 5.56 Å². The van der Waals surface area contributed by atoms with Crippen molar-refractivity contribution >= 4 is 15.9 Å². The minimum atomic E-state index is -3.25. The Hall–Kier alpha value is -1.67. The van der Waals surface area contributed by atoms with Gasteiger partial charge in [-0.05, 0) is 18.9 Å². The number of aromatic nitrogens is 1. The van der Waals surface area contributed by atoms with Gasteiger partial charge in [0.15, 0.2) is 0 Å². The number of sulfonamides is 1. The van der Waals surface area contributed by atoms with Crippen LogP contribution in [0.4, 0.5) is 0 Å². The summed E-state index contributed by atoms with van der Waals surface area (Å²) in [5, 5.41) is 2.83. The fourth-order valence-corrected chi connectivity index (χ4v) is 3.44. The van der Waals surface area contributed by atoms with E-state index < -0.39 is 10.0 Å². The van der Waals surface area contributed by atoms with Crippen molar-refractivity contribution in [3.05, 3.63) is 23.9 Å². The molecule has 1 fully saturated rings. The first-order valence-corrected chi connectivity index (χ1v) is 8.97. The SMILES string of the molecule is COc1ncccc1CNC(=O)[C@@H]1CCCN(S(C)(=O)=O)C1. The van der Waals surface area contributed by atoms with Crippen LogP contribution in [0.3, 0.4) is 0 Å². The molecule has 1 N–H and O–H groups in total. The summed E-state index contributed by atoms with van der Waals surface area (Å²) in [4.78, 5) is 16.3. The van der Waals surface area contributed by atoms with Crippen molar-refractivity contribution in [2.45, 2.75) is 19.4 Å². The average molecular weight is 327 g/mol. The van der Waals surface area contributed by atoms with Crippen molar-refractivity contribution in [2.75, 3.05) is 26.5 Å². The largest absolute Gasteiger partial charge is 0.481 e. The summed E-state index contributed by atoms with van der Waals surface area (Å²) in [6.45, 7) is 1.04. The molecule has 0 spiro atoms. The third-order valence-electron chi connectivity index (χ3n) is 3.72. The highest BCUT2D eigenvalue weighted by atomic mass is 32.2. The Labute approximate surface area is 130 Å². The van der Waals surface area contributed by atoms with Gasteiger partial charge in [-0.2, -0.15) is 0 Å². The van der Waals surface area contributed by atoms with Gasteiger partial charge in [0.2, 0.25) is 21.8 Å². The van der Waals surface area contributed by atoms with Crippen molar-refractivity contribution in [2.24, 2.45) is 5.92 Å². The second kappa shape index (κ2) is 7.06. The summed E-state index contributed by atoms with van der Waals surface area (Å²) in [5.74, 6) is 0.0228. The fraction of sp³-hybridized carbons (Fsp3) is 0.571. The molecule has 1 aliphatic rings. The van der Waals surface area contributed by atoms with Gasteiger partial charge in [0, 0.05) is 31.4 Å². The Balaban J connectivity index is 1.95. The number of rotatable bonds is 5. The van der Waals surface area contributed by atoms with Crippen LogP contribution in [-0.4, -0.2) is 50.1 Å². The van der Waals surface area contributed by atoms with Gasteiger partial charge in [-0.25, -0.2) is 17.7 Å². The summed E-state index contributed by atoms with van der Waals surface area (Å²) in [6.07, 6.45) is 4.19. The predicted octanol–water partition coefficient (Wildman–Crippen LogP) is 0.378. The third kappa shape index (κ3) is 4.17. The summed E-state index contributed by atoms with van der Waals surface area (Å²) < 4.78 is 29.7. The van der Waals surface area contributed by atoms with Crippen LogP contribution < -0.4 is 10.1 Å². The number of nitrogens with zero attached hydrogens (tertiary/aromatic N) is 2. The number of hydrogen-bond donors (Lipinski definition) is 1. The van der Waals surface area contributed by atoms with E-state index in [1.807, 2.05) is 6.07 Å². The molecule has 0 saturated carbocycles. The van der Waals surface area contributed by atoms with Gasteiger partial charge >= 0.3 is 0 Å². The van der Waals surface area contributed by atoms with E-state index in [1.54, 1.807) is 12.3 Å². The van der Waals surface area contributed by atoms with E-state index in [4.69, 9.17) is 4.74 Å². The Bertz CT molecular complexity index is 633. The molecule has 7 nitrogen and oxygen atoms in total. The molecule has 1 aliphatic heterocycles. The van der Waals surface area contributed by atoms with Crippen molar-refractivity contribution in [3.8, 4) is 5.88 Å². The van der Waals surface area contributed by atoms with Gasteiger partial charge in [0.05, 0.1) is 19.3 Å². The number of amides is 1. The lowest BCUT2D eigenvalue weighted by atomic mass is 9.99. The van der Waals surface area contributed by atoms with Crippen LogP contribution in [0.2, 0.25) is 0 Å². The molecule has 0 bridgehead atoms. The standard InChI is InChI=1S/C14H21N3O4S/c1-21-14-11(5-3-7-15-14)9-16-13(18)12-6-4-8-17(10-12)22(2,19)20/h3,5,7,12H,4,6,8-10H2,1-2H3,(H,16,18)/t12-/m1/s1. The highest BCUT2D eigenvalue weighted by molar-refractivity contribution is 7.88. The number of ether oxygens (including phenoxy) is 1. The molecular weight excluding hydrogens is 306 g/mol. The first-order chi connectivity index (χ1) is 10.4. The molecule has 122 valence electrons. The van der Waals surface area contributed by atoms with Crippen molar-refractivity contribution in [1.29, 1.82) is 0 Å². The molecule has 8 heteroatoms. The number of carbonyl (C=O) groups is 1. The van der Waals surface area contributed by atoms with Crippen LogP contribution in [0.25, 0.3) is 0 Å². The molecule has 1 aromatic rings. The lowest BCUT2D eigenvalue weighted by Crippen LogP contribution is -2.44. The summed E-state index contributed by atoms with van der Waals surface area (Å²) in [7, 11) is -1.72. The topological polar surface area (TPSA) is 88.6 Å². The maximum atomic E-state index is 12.2. The number of carbonyl (C=O) groups excluding carboxylic acids is 1. The monoisotopic (exact) mass is 327 g/mol. The molecule has 2 rings (SSSR count). The van der Waals surface area contributed by atoms with E-state index >= 15 is 0 Å². The van der Waals surface area contributed by atoms with Crippen LogP contribution >= 0.6 is 0 Å². The van der Waals surface area contributed by atoms with E-state index in [9.17, 15) is 13.2 Å². The molecule has 1 aromatic heterocycles. The molecule has 1 saturated heterocycles. The van der Waals surface area contributed by atoms with Crippen LogP contribution in [0.15, 0.2) is 18.3 Å². The zero-order chi connectivity index (χ0) is 16.2. The van der Waals surface area contributed by atoms with E-state index in [1.165, 1.54) is 17.7 Å². The molecule has 0 unspecified atom stereocenters. The van der Waals surface area contributed by atoms with Gasteiger partial charge in [0.1, 0.15) is 0 Å². The van der Waals surface area contributed by atoms with Crippen molar-refractivity contribution < 1.29 is 17.9 Å². The van der Waals surface area contributed by atoms with Crippen LogP contribution in [-0.2, 0) is 21.4 Å². The Kier molecular flexibility index (Phi) is 5.36. The predicted molar refractivity (Wildman–Crippen MR) is 81.8 cm³/mol. The maximum absolute atomic E-state index is 12.2.